The number of rotatable bonds is 4. The van der Waals surface area contributed by atoms with Gasteiger partial charge in [0.2, 0.25) is 0 Å². The monoisotopic (exact) mass is 325 g/mol. The minimum Gasteiger partial charge on any atom is -0.345 e. The zero-order valence-corrected chi connectivity index (χ0v) is 13.2. The summed E-state index contributed by atoms with van der Waals surface area (Å²) in [7, 11) is 3.28. The van der Waals surface area contributed by atoms with Gasteiger partial charge in [0, 0.05) is 32.6 Å². The van der Waals surface area contributed by atoms with Gasteiger partial charge in [0.25, 0.3) is 11.5 Å². The molecule has 0 saturated heterocycles. The SMILES string of the molecule is Cn1nc(-c2cnccn2)cc1CNC(=O)c1ccc(=O)n(C)n1. The fourth-order valence-corrected chi connectivity index (χ4v) is 2.11. The maximum Gasteiger partial charge on any atom is 0.272 e. The van der Waals surface area contributed by atoms with Gasteiger partial charge in [0.1, 0.15) is 17.1 Å². The fraction of sp³-hybridized carbons (Fsp3) is 0.200. The molecule has 0 radical (unpaired) electrons. The Kier molecular flexibility index (Phi) is 4.15. The quantitative estimate of drug-likeness (QED) is 0.718. The van der Waals surface area contributed by atoms with Crippen molar-refractivity contribution in [3.63, 3.8) is 0 Å². The van der Waals surface area contributed by atoms with Gasteiger partial charge in [-0.1, -0.05) is 0 Å². The van der Waals surface area contributed by atoms with Crippen LogP contribution >= 0.6 is 0 Å². The molecule has 0 atom stereocenters. The van der Waals surface area contributed by atoms with E-state index in [-0.39, 0.29) is 23.7 Å². The van der Waals surface area contributed by atoms with Crippen LogP contribution in [-0.2, 0) is 20.6 Å². The summed E-state index contributed by atoms with van der Waals surface area (Å²) in [6.07, 6.45) is 4.81. The third-order valence-corrected chi connectivity index (χ3v) is 3.43. The van der Waals surface area contributed by atoms with Crippen molar-refractivity contribution in [2.75, 3.05) is 0 Å². The molecule has 9 nitrogen and oxygen atoms in total. The van der Waals surface area contributed by atoms with Crippen LogP contribution in [0.5, 0.6) is 0 Å². The second kappa shape index (κ2) is 6.41. The Labute approximate surface area is 137 Å². The van der Waals surface area contributed by atoms with Gasteiger partial charge in [-0.15, -0.1) is 0 Å². The number of aromatic nitrogens is 6. The molecule has 0 bridgehead atoms. The molecule has 24 heavy (non-hydrogen) atoms. The molecule has 9 heteroatoms. The third-order valence-electron chi connectivity index (χ3n) is 3.43. The largest absolute Gasteiger partial charge is 0.345 e. The van der Waals surface area contributed by atoms with E-state index in [4.69, 9.17) is 0 Å². The molecule has 0 aromatic carbocycles. The molecule has 3 aromatic heterocycles. The first kappa shape index (κ1) is 15.5. The molecule has 1 amide bonds. The van der Waals surface area contributed by atoms with E-state index < -0.39 is 0 Å². The number of nitrogens with one attached hydrogen (secondary N) is 1. The normalized spacial score (nSPS) is 10.6. The van der Waals surface area contributed by atoms with E-state index in [0.717, 1.165) is 10.4 Å². The van der Waals surface area contributed by atoms with Gasteiger partial charge >= 0.3 is 0 Å². The van der Waals surface area contributed by atoms with Gasteiger partial charge in [-0.3, -0.25) is 24.2 Å². The number of hydrogen-bond acceptors (Lipinski definition) is 6. The van der Waals surface area contributed by atoms with Gasteiger partial charge < -0.3 is 5.32 Å². The third kappa shape index (κ3) is 3.19. The van der Waals surface area contributed by atoms with Crippen molar-refractivity contribution >= 4 is 5.91 Å². The minimum atomic E-state index is -0.368. The van der Waals surface area contributed by atoms with E-state index >= 15 is 0 Å². The highest BCUT2D eigenvalue weighted by Crippen LogP contribution is 2.14. The van der Waals surface area contributed by atoms with Crippen LogP contribution in [-0.4, -0.2) is 35.4 Å². The van der Waals surface area contributed by atoms with E-state index in [1.807, 2.05) is 6.07 Å². The maximum atomic E-state index is 12.1. The van der Waals surface area contributed by atoms with E-state index in [1.165, 1.54) is 19.2 Å². The Hall–Kier alpha value is -3.36. The summed E-state index contributed by atoms with van der Waals surface area (Å²) in [6.45, 7) is 0.271. The molecule has 122 valence electrons. The molecular formula is C15H15N7O2. The topological polar surface area (TPSA) is 108 Å². The Morgan fingerprint density at radius 3 is 2.67 bits per heavy atom. The molecule has 3 heterocycles. The highest BCUT2D eigenvalue weighted by molar-refractivity contribution is 5.91. The summed E-state index contributed by atoms with van der Waals surface area (Å²) in [5.41, 5.74) is 2.04. The van der Waals surface area contributed by atoms with E-state index in [9.17, 15) is 9.59 Å². The molecule has 0 unspecified atom stereocenters. The molecule has 3 aromatic rings. The first-order chi connectivity index (χ1) is 11.5. The van der Waals surface area contributed by atoms with Crippen LogP contribution in [0, 0.1) is 0 Å². The van der Waals surface area contributed by atoms with Gasteiger partial charge in [-0.25, -0.2) is 4.68 Å². The predicted octanol–water partition coefficient (Wildman–Crippen LogP) is -0.0992. The van der Waals surface area contributed by atoms with Gasteiger partial charge in [-0.2, -0.15) is 10.2 Å². The number of carbonyl (C=O) groups is 1. The van der Waals surface area contributed by atoms with Crippen LogP contribution in [0.3, 0.4) is 0 Å². The van der Waals surface area contributed by atoms with Gasteiger partial charge in [0.05, 0.1) is 18.4 Å². The second-order valence-corrected chi connectivity index (χ2v) is 5.10. The number of carbonyl (C=O) groups excluding carboxylic acids is 1. The molecule has 0 spiro atoms. The van der Waals surface area contributed by atoms with Crippen LogP contribution in [0.1, 0.15) is 16.2 Å². The van der Waals surface area contributed by atoms with Crippen LogP contribution in [0.15, 0.2) is 41.6 Å². The second-order valence-electron chi connectivity index (χ2n) is 5.10. The van der Waals surface area contributed by atoms with Gasteiger partial charge in [-0.05, 0) is 12.1 Å². The molecule has 1 N–H and O–H groups in total. The molecule has 0 aliphatic heterocycles. The standard InChI is InChI=1S/C15H15N7O2/c1-21-10(7-12(20-21)13-9-16-5-6-17-13)8-18-15(24)11-3-4-14(23)22(2)19-11/h3-7,9H,8H2,1-2H3,(H,18,24). The number of nitrogens with zero attached hydrogens (tertiary/aromatic N) is 6. The van der Waals surface area contributed by atoms with Crippen molar-refractivity contribution in [1.29, 1.82) is 0 Å². The van der Waals surface area contributed by atoms with Crippen molar-refractivity contribution in [2.24, 2.45) is 14.1 Å². The number of hydrogen-bond donors (Lipinski definition) is 1. The summed E-state index contributed by atoms with van der Waals surface area (Å²) in [4.78, 5) is 31.6. The lowest BCUT2D eigenvalue weighted by atomic mass is 10.3. The first-order valence-electron chi connectivity index (χ1n) is 7.16. The lowest BCUT2D eigenvalue weighted by molar-refractivity contribution is 0.0942. The fourth-order valence-electron chi connectivity index (χ4n) is 2.11. The summed E-state index contributed by atoms with van der Waals surface area (Å²) in [6, 6.07) is 4.53. The van der Waals surface area contributed by atoms with E-state index in [1.54, 1.807) is 30.3 Å². The minimum absolute atomic E-state index is 0.174. The smallest absolute Gasteiger partial charge is 0.272 e. The number of aryl methyl sites for hydroxylation is 2. The van der Waals surface area contributed by atoms with Crippen LogP contribution in [0.4, 0.5) is 0 Å². The van der Waals surface area contributed by atoms with Crippen LogP contribution < -0.4 is 10.9 Å². The van der Waals surface area contributed by atoms with Crippen molar-refractivity contribution in [3.8, 4) is 11.4 Å². The predicted molar refractivity (Wildman–Crippen MR) is 84.9 cm³/mol. The molecule has 3 rings (SSSR count). The molecule has 0 aliphatic carbocycles. The van der Waals surface area contributed by atoms with Crippen molar-refractivity contribution in [1.82, 2.24) is 34.8 Å². The molecule has 0 aliphatic rings. The molecule has 0 fully saturated rings. The van der Waals surface area contributed by atoms with Crippen molar-refractivity contribution in [2.45, 2.75) is 6.54 Å². The Morgan fingerprint density at radius 1 is 1.12 bits per heavy atom. The first-order valence-corrected chi connectivity index (χ1v) is 7.16. The van der Waals surface area contributed by atoms with Crippen molar-refractivity contribution in [3.05, 3.63) is 58.5 Å². The zero-order valence-electron chi connectivity index (χ0n) is 13.2. The highest BCUT2D eigenvalue weighted by Gasteiger charge is 2.12. The van der Waals surface area contributed by atoms with Crippen LogP contribution in [0.25, 0.3) is 11.4 Å². The average molecular weight is 325 g/mol. The van der Waals surface area contributed by atoms with E-state index in [0.29, 0.717) is 11.4 Å². The Bertz CT molecular complexity index is 930. The summed E-state index contributed by atoms with van der Waals surface area (Å²) >= 11 is 0. The maximum absolute atomic E-state index is 12.1. The lowest BCUT2D eigenvalue weighted by Gasteiger charge is -2.05. The average Bonchev–Trinajstić information content (AvgIpc) is 2.97. The number of amides is 1. The zero-order chi connectivity index (χ0) is 17.1. The summed E-state index contributed by atoms with van der Waals surface area (Å²) in [5.74, 6) is -0.368. The van der Waals surface area contributed by atoms with Crippen molar-refractivity contribution < 1.29 is 4.79 Å². The van der Waals surface area contributed by atoms with Crippen LogP contribution in [0.2, 0.25) is 0 Å². The summed E-state index contributed by atoms with van der Waals surface area (Å²) < 4.78 is 2.78. The molecule has 0 saturated carbocycles. The highest BCUT2D eigenvalue weighted by atomic mass is 16.2. The lowest BCUT2D eigenvalue weighted by Crippen LogP contribution is -2.28. The Balaban J connectivity index is 1.73. The Morgan fingerprint density at radius 2 is 1.96 bits per heavy atom. The van der Waals surface area contributed by atoms with Gasteiger partial charge in [0.15, 0.2) is 0 Å². The molecular weight excluding hydrogens is 310 g/mol. The summed E-state index contributed by atoms with van der Waals surface area (Å²) in [5, 5.41) is 11.0. The van der Waals surface area contributed by atoms with E-state index in [2.05, 4.69) is 25.5 Å².